The van der Waals surface area contributed by atoms with Crippen molar-refractivity contribution in [3.63, 3.8) is 0 Å². The zero-order valence-corrected chi connectivity index (χ0v) is 12.5. The molecular formula is C20H23. The molecule has 1 atom stereocenters. The van der Waals surface area contributed by atoms with Crippen molar-refractivity contribution in [2.75, 3.05) is 0 Å². The maximum atomic E-state index is 3.53. The molecule has 0 amide bonds. The Morgan fingerprint density at radius 2 is 1.90 bits per heavy atom. The topological polar surface area (TPSA) is 0 Å². The molecule has 1 aliphatic rings. The van der Waals surface area contributed by atoms with Crippen LogP contribution in [0, 0.1) is 6.07 Å². The quantitative estimate of drug-likeness (QED) is 0.671. The zero-order chi connectivity index (χ0) is 13.9. The third-order valence-corrected chi connectivity index (χ3v) is 4.52. The highest BCUT2D eigenvalue weighted by atomic mass is 14.3. The molecule has 1 radical (unpaired) electrons. The van der Waals surface area contributed by atoms with Crippen LogP contribution in [0.15, 0.2) is 42.5 Å². The van der Waals surface area contributed by atoms with Gasteiger partial charge >= 0.3 is 0 Å². The van der Waals surface area contributed by atoms with Gasteiger partial charge in [0.1, 0.15) is 0 Å². The fourth-order valence-corrected chi connectivity index (χ4v) is 2.98. The highest BCUT2D eigenvalue weighted by Gasteiger charge is 2.27. The van der Waals surface area contributed by atoms with Gasteiger partial charge in [0.05, 0.1) is 0 Å². The van der Waals surface area contributed by atoms with Crippen LogP contribution >= 0.6 is 0 Å². The summed E-state index contributed by atoms with van der Waals surface area (Å²) in [6, 6.07) is 18.8. The first-order valence-electron chi connectivity index (χ1n) is 7.87. The van der Waals surface area contributed by atoms with Gasteiger partial charge < -0.3 is 0 Å². The first-order valence-corrected chi connectivity index (χ1v) is 7.87. The van der Waals surface area contributed by atoms with E-state index in [9.17, 15) is 0 Å². The zero-order valence-electron chi connectivity index (χ0n) is 12.5. The van der Waals surface area contributed by atoms with Crippen LogP contribution < -0.4 is 0 Å². The summed E-state index contributed by atoms with van der Waals surface area (Å²) in [4.78, 5) is 0. The molecular weight excluding hydrogens is 240 g/mol. The minimum atomic E-state index is 0.604. The van der Waals surface area contributed by atoms with Crippen LogP contribution in [0.25, 0.3) is 0 Å². The second-order valence-electron chi connectivity index (χ2n) is 6.07. The number of benzene rings is 2. The Kier molecular flexibility index (Phi) is 3.91. The summed E-state index contributed by atoms with van der Waals surface area (Å²) in [7, 11) is 0. The normalized spacial score (nSPS) is 16.1. The van der Waals surface area contributed by atoms with Crippen molar-refractivity contribution in [2.45, 2.75) is 51.4 Å². The largest absolute Gasteiger partial charge is 0.0648 e. The predicted molar refractivity (Wildman–Crippen MR) is 85.2 cm³/mol. The molecule has 1 saturated carbocycles. The maximum Gasteiger partial charge on any atom is -0.00199 e. The van der Waals surface area contributed by atoms with Crippen molar-refractivity contribution >= 4 is 0 Å². The molecule has 0 heteroatoms. The van der Waals surface area contributed by atoms with Crippen LogP contribution in [0.2, 0.25) is 0 Å². The first-order chi connectivity index (χ1) is 9.79. The van der Waals surface area contributed by atoms with Crippen molar-refractivity contribution in [2.24, 2.45) is 0 Å². The maximum absolute atomic E-state index is 3.53. The summed E-state index contributed by atoms with van der Waals surface area (Å²) in [5, 5.41) is 0. The summed E-state index contributed by atoms with van der Waals surface area (Å²) in [6.07, 6.45) is 4.98. The van der Waals surface area contributed by atoms with Crippen LogP contribution in [0.4, 0.5) is 0 Å². The summed E-state index contributed by atoms with van der Waals surface area (Å²) < 4.78 is 0. The van der Waals surface area contributed by atoms with Gasteiger partial charge in [0.2, 0.25) is 0 Å². The lowest BCUT2D eigenvalue weighted by molar-refractivity contribution is 0.720. The van der Waals surface area contributed by atoms with Crippen molar-refractivity contribution in [1.82, 2.24) is 0 Å². The average Bonchev–Trinajstić information content (AvgIpc) is 3.32. The van der Waals surface area contributed by atoms with Gasteiger partial charge in [-0.15, -0.1) is 0 Å². The summed E-state index contributed by atoms with van der Waals surface area (Å²) in [5.74, 6) is 1.42. The molecule has 1 unspecified atom stereocenters. The fourth-order valence-electron chi connectivity index (χ4n) is 2.98. The molecule has 0 aliphatic heterocycles. The van der Waals surface area contributed by atoms with E-state index < -0.39 is 0 Å². The molecule has 0 bridgehead atoms. The van der Waals surface area contributed by atoms with E-state index in [0.29, 0.717) is 5.92 Å². The van der Waals surface area contributed by atoms with Gasteiger partial charge in [0.25, 0.3) is 0 Å². The molecule has 1 fully saturated rings. The third-order valence-electron chi connectivity index (χ3n) is 4.52. The molecule has 1 aliphatic carbocycles. The monoisotopic (exact) mass is 263 g/mol. The van der Waals surface area contributed by atoms with Gasteiger partial charge in [-0.2, -0.15) is 0 Å². The van der Waals surface area contributed by atoms with Crippen LogP contribution in [-0.4, -0.2) is 0 Å². The number of hydrogen-bond donors (Lipinski definition) is 0. The Labute approximate surface area is 122 Å². The van der Waals surface area contributed by atoms with Gasteiger partial charge in [0, 0.05) is 0 Å². The van der Waals surface area contributed by atoms with Crippen molar-refractivity contribution < 1.29 is 0 Å². The summed E-state index contributed by atoms with van der Waals surface area (Å²) in [5.41, 5.74) is 6.00. The average molecular weight is 263 g/mol. The van der Waals surface area contributed by atoms with Gasteiger partial charge in [-0.05, 0) is 65.8 Å². The standard InChI is InChI=1S/C20H23/c1-3-15(2)18-10-7-11-19(17-12-13-17)20(18)14-16-8-5-4-6-9-16/h4-9,11,15,17H,3,12-14H2,1-2H3. The molecule has 0 heterocycles. The van der Waals surface area contributed by atoms with Crippen LogP contribution in [-0.2, 0) is 6.42 Å². The van der Waals surface area contributed by atoms with Crippen LogP contribution in [0.5, 0.6) is 0 Å². The molecule has 2 aromatic carbocycles. The van der Waals surface area contributed by atoms with E-state index in [2.05, 4.69) is 62.4 Å². The Bertz CT molecular complexity index is 564. The molecule has 0 N–H and O–H groups in total. The SMILES string of the molecule is CCC(C)c1[c]ccc(C2CC2)c1Cc1ccccc1. The molecule has 20 heavy (non-hydrogen) atoms. The molecule has 3 rings (SSSR count). The lowest BCUT2D eigenvalue weighted by atomic mass is 9.86. The van der Waals surface area contributed by atoms with Crippen LogP contribution in [0.1, 0.15) is 67.2 Å². The summed E-state index contributed by atoms with van der Waals surface area (Å²) >= 11 is 0. The van der Waals surface area contributed by atoms with Crippen molar-refractivity contribution in [3.8, 4) is 0 Å². The van der Waals surface area contributed by atoms with E-state index in [1.54, 1.807) is 11.1 Å². The van der Waals surface area contributed by atoms with E-state index in [1.165, 1.54) is 30.4 Å². The first kappa shape index (κ1) is 13.4. The molecule has 0 aromatic heterocycles. The van der Waals surface area contributed by atoms with E-state index in [4.69, 9.17) is 0 Å². The molecule has 2 aromatic rings. The Balaban J connectivity index is 2.01. The number of rotatable bonds is 5. The van der Waals surface area contributed by atoms with Gasteiger partial charge in [-0.1, -0.05) is 56.3 Å². The minimum Gasteiger partial charge on any atom is -0.0648 e. The number of hydrogen-bond acceptors (Lipinski definition) is 0. The fraction of sp³-hybridized carbons (Fsp3) is 0.400. The second-order valence-corrected chi connectivity index (χ2v) is 6.07. The van der Waals surface area contributed by atoms with E-state index in [1.807, 2.05) is 0 Å². The van der Waals surface area contributed by atoms with Crippen molar-refractivity contribution in [1.29, 1.82) is 0 Å². The van der Waals surface area contributed by atoms with Gasteiger partial charge in [-0.25, -0.2) is 0 Å². The summed E-state index contributed by atoms with van der Waals surface area (Å²) in [6.45, 7) is 4.60. The Hall–Kier alpha value is -1.56. The van der Waals surface area contributed by atoms with Crippen LogP contribution in [0.3, 0.4) is 0 Å². The molecule has 0 saturated heterocycles. The molecule has 0 nitrogen and oxygen atoms in total. The smallest absolute Gasteiger partial charge is 0.00199 e. The molecule has 0 spiro atoms. The van der Waals surface area contributed by atoms with Gasteiger partial charge in [0.15, 0.2) is 0 Å². The molecule has 103 valence electrons. The lowest BCUT2D eigenvalue weighted by Crippen LogP contribution is -2.04. The second kappa shape index (κ2) is 5.83. The highest BCUT2D eigenvalue weighted by Crippen LogP contribution is 2.43. The third kappa shape index (κ3) is 2.80. The minimum absolute atomic E-state index is 0.604. The lowest BCUT2D eigenvalue weighted by Gasteiger charge is -2.18. The highest BCUT2D eigenvalue weighted by molar-refractivity contribution is 5.43. The van der Waals surface area contributed by atoms with Gasteiger partial charge in [-0.3, -0.25) is 0 Å². The van der Waals surface area contributed by atoms with E-state index in [-0.39, 0.29) is 0 Å². The Morgan fingerprint density at radius 1 is 1.15 bits per heavy atom. The van der Waals surface area contributed by atoms with E-state index >= 15 is 0 Å². The Morgan fingerprint density at radius 3 is 2.55 bits per heavy atom. The van der Waals surface area contributed by atoms with Crippen molar-refractivity contribution in [3.05, 3.63) is 70.8 Å². The predicted octanol–water partition coefficient (Wildman–Crippen LogP) is 5.47. The van der Waals surface area contributed by atoms with E-state index in [0.717, 1.165) is 12.3 Å².